The minimum absolute atomic E-state index is 0.0400. The first-order valence-electron chi connectivity index (χ1n) is 6.88. The number of aromatic nitrogens is 1. The van der Waals surface area contributed by atoms with Crippen molar-refractivity contribution in [1.82, 2.24) is 4.98 Å². The van der Waals surface area contributed by atoms with Crippen molar-refractivity contribution in [2.45, 2.75) is 0 Å². The molecule has 2 N–H and O–H groups in total. The predicted molar refractivity (Wildman–Crippen MR) is 91.0 cm³/mol. The number of hydrogen-bond acceptors (Lipinski definition) is 7. The third kappa shape index (κ3) is 3.36. The number of aromatic hydroxyl groups is 1. The number of nitro benzene ring substituents is 1. The van der Waals surface area contributed by atoms with Gasteiger partial charge in [0.1, 0.15) is 22.9 Å². The van der Waals surface area contributed by atoms with Crippen LogP contribution >= 0.6 is 11.6 Å². The van der Waals surface area contributed by atoms with Crippen LogP contribution in [0.2, 0.25) is 5.02 Å². The van der Waals surface area contributed by atoms with Gasteiger partial charge < -0.3 is 14.8 Å². The van der Waals surface area contributed by atoms with Crippen molar-refractivity contribution in [3.63, 3.8) is 0 Å². The number of hydrogen-bond donors (Lipinski definition) is 2. The summed E-state index contributed by atoms with van der Waals surface area (Å²) < 4.78 is 5.49. The van der Waals surface area contributed by atoms with Gasteiger partial charge in [0.25, 0.3) is 5.69 Å². The number of rotatable bonds is 4. The molecular formula is C16H9ClN4O4. The van der Waals surface area contributed by atoms with E-state index < -0.39 is 4.92 Å². The van der Waals surface area contributed by atoms with Gasteiger partial charge in [-0.3, -0.25) is 10.1 Å². The molecule has 9 heteroatoms. The summed E-state index contributed by atoms with van der Waals surface area (Å²) in [4.78, 5) is 14.4. The minimum Gasteiger partial charge on any atom is -0.506 e. The summed E-state index contributed by atoms with van der Waals surface area (Å²) >= 11 is 5.88. The van der Waals surface area contributed by atoms with Gasteiger partial charge in [-0.05, 0) is 24.3 Å². The highest BCUT2D eigenvalue weighted by atomic mass is 35.5. The topological polar surface area (TPSA) is 125 Å². The molecule has 0 aliphatic heterocycles. The second-order valence-electron chi connectivity index (χ2n) is 4.90. The first-order chi connectivity index (χ1) is 12.0. The van der Waals surface area contributed by atoms with Crippen LogP contribution in [0.15, 0.2) is 47.0 Å². The van der Waals surface area contributed by atoms with Gasteiger partial charge in [-0.15, -0.1) is 0 Å². The summed E-state index contributed by atoms with van der Waals surface area (Å²) in [5.74, 6) is -0.152. The Hall–Kier alpha value is -3.57. The molecule has 0 unspecified atom stereocenters. The molecule has 1 aromatic heterocycles. The SMILES string of the molecule is N#C/C(=C/Nc1cc([N+](=O)[O-])ccc1O)c1nc2cc(Cl)ccc2o1. The molecule has 0 fully saturated rings. The van der Waals surface area contributed by atoms with Crippen LogP contribution in [0.4, 0.5) is 11.4 Å². The van der Waals surface area contributed by atoms with Crippen molar-refractivity contribution < 1.29 is 14.4 Å². The van der Waals surface area contributed by atoms with Crippen LogP contribution in [0.25, 0.3) is 16.7 Å². The third-order valence-electron chi connectivity index (χ3n) is 3.26. The molecule has 8 nitrogen and oxygen atoms in total. The first kappa shape index (κ1) is 16.3. The van der Waals surface area contributed by atoms with Gasteiger partial charge in [-0.25, -0.2) is 4.98 Å². The highest BCUT2D eigenvalue weighted by Gasteiger charge is 2.13. The second kappa shape index (κ2) is 6.51. The maximum absolute atomic E-state index is 10.8. The number of nitro groups is 1. The Labute approximate surface area is 145 Å². The lowest BCUT2D eigenvalue weighted by Gasteiger charge is -2.04. The maximum atomic E-state index is 10.8. The number of fused-ring (bicyclic) bond motifs is 1. The van der Waals surface area contributed by atoms with Crippen molar-refractivity contribution >= 4 is 39.6 Å². The molecule has 3 aromatic rings. The number of halogens is 1. The van der Waals surface area contributed by atoms with Crippen molar-refractivity contribution in [1.29, 1.82) is 5.26 Å². The van der Waals surface area contributed by atoms with E-state index in [1.807, 2.05) is 6.07 Å². The second-order valence-corrected chi connectivity index (χ2v) is 5.34. The summed E-state index contributed by atoms with van der Waals surface area (Å²) in [6, 6.07) is 10.3. The number of phenols is 1. The lowest BCUT2D eigenvalue weighted by Crippen LogP contribution is -1.94. The van der Waals surface area contributed by atoms with Gasteiger partial charge in [0, 0.05) is 23.4 Å². The zero-order valence-electron chi connectivity index (χ0n) is 12.4. The van der Waals surface area contributed by atoms with Gasteiger partial charge in [-0.2, -0.15) is 5.26 Å². The fraction of sp³-hybridized carbons (Fsp3) is 0. The number of benzene rings is 2. The van der Waals surface area contributed by atoms with E-state index in [0.29, 0.717) is 16.1 Å². The Balaban J connectivity index is 1.94. The average Bonchev–Trinajstić information content (AvgIpc) is 2.99. The summed E-state index contributed by atoms with van der Waals surface area (Å²) in [7, 11) is 0. The number of non-ortho nitro benzene ring substituents is 1. The number of nitriles is 1. The van der Waals surface area contributed by atoms with Crippen LogP contribution in [0.3, 0.4) is 0 Å². The number of nitrogens with zero attached hydrogens (tertiary/aromatic N) is 3. The van der Waals surface area contributed by atoms with Gasteiger partial charge in [0.2, 0.25) is 5.89 Å². The van der Waals surface area contributed by atoms with Crippen LogP contribution in [0.1, 0.15) is 5.89 Å². The number of nitrogens with one attached hydrogen (secondary N) is 1. The van der Waals surface area contributed by atoms with Crippen molar-refractivity contribution in [3.8, 4) is 11.8 Å². The number of phenolic OH excluding ortho intramolecular Hbond substituents is 1. The highest BCUT2D eigenvalue weighted by molar-refractivity contribution is 6.31. The summed E-state index contributed by atoms with van der Waals surface area (Å²) in [6.07, 6.45) is 1.24. The van der Waals surface area contributed by atoms with E-state index in [4.69, 9.17) is 16.0 Å². The Morgan fingerprint density at radius 2 is 2.20 bits per heavy atom. The molecule has 0 amide bonds. The molecule has 0 saturated carbocycles. The quantitative estimate of drug-likeness (QED) is 0.312. The van der Waals surface area contributed by atoms with Gasteiger partial charge in [0.05, 0.1) is 10.6 Å². The fourth-order valence-corrected chi connectivity index (χ4v) is 2.23. The molecule has 124 valence electrons. The lowest BCUT2D eigenvalue weighted by atomic mass is 10.2. The number of allylic oxidation sites excluding steroid dienone is 1. The van der Waals surface area contributed by atoms with Gasteiger partial charge >= 0.3 is 0 Å². The van der Waals surface area contributed by atoms with Gasteiger partial charge in [0.15, 0.2) is 5.58 Å². The Morgan fingerprint density at radius 3 is 2.92 bits per heavy atom. The molecule has 0 saturated heterocycles. The van der Waals surface area contributed by atoms with E-state index in [0.717, 1.165) is 6.07 Å². The van der Waals surface area contributed by atoms with Crippen LogP contribution < -0.4 is 5.32 Å². The van der Waals surface area contributed by atoms with Crippen molar-refractivity contribution in [2.75, 3.05) is 5.32 Å². The molecule has 0 aliphatic rings. The van der Waals surface area contributed by atoms with Crippen molar-refractivity contribution in [3.05, 3.63) is 63.6 Å². The molecule has 2 aromatic carbocycles. The third-order valence-corrected chi connectivity index (χ3v) is 3.50. The molecule has 0 radical (unpaired) electrons. The summed E-state index contributed by atoms with van der Waals surface area (Å²) in [6.45, 7) is 0. The van der Waals surface area contributed by atoms with Gasteiger partial charge in [-0.1, -0.05) is 11.6 Å². The van der Waals surface area contributed by atoms with E-state index >= 15 is 0 Å². The summed E-state index contributed by atoms with van der Waals surface area (Å²) in [5.41, 5.74) is 0.851. The lowest BCUT2D eigenvalue weighted by molar-refractivity contribution is -0.384. The number of anilines is 1. The molecule has 0 aliphatic carbocycles. The van der Waals surface area contributed by atoms with Crippen LogP contribution in [0.5, 0.6) is 5.75 Å². The molecule has 0 atom stereocenters. The average molecular weight is 357 g/mol. The Kier molecular flexibility index (Phi) is 4.24. The Morgan fingerprint density at radius 1 is 1.40 bits per heavy atom. The molecular weight excluding hydrogens is 348 g/mol. The minimum atomic E-state index is -0.593. The molecule has 1 heterocycles. The molecule has 0 bridgehead atoms. The van der Waals surface area contributed by atoms with E-state index in [1.165, 1.54) is 18.3 Å². The maximum Gasteiger partial charge on any atom is 0.271 e. The van der Waals surface area contributed by atoms with Crippen LogP contribution in [0, 0.1) is 21.4 Å². The zero-order chi connectivity index (χ0) is 18.0. The molecule has 3 rings (SSSR count). The van der Waals surface area contributed by atoms with Crippen LogP contribution in [-0.4, -0.2) is 15.0 Å². The predicted octanol–water partition coefficient (Wildman–Crippen LogP) is 4.07. The normalized spacial score (nSPS) is 11.3. The van der Waals surface area contributed by atoms with E-state index in [1.54, 1.807) is 18.2 Å². The largest absolute Gasteiger partial charge is 0.506 e. The monoisotopic (exact) mass is 356 g/mol. The summed E-state index contributed by atoms with van der Waals surface area (Å²) in [5, 5.41) is 33.0. The highest BCUT2D eigenvalue weighted by Crippen LogP contribution is 2.29. The number of oxazole rings is 1. The van der Waals surface area contributed by atoms with Crippen molar-refractivity contribution in [2.24, 2.45) is 0 Å². The standard InChI is InChI=1S/C16H9ClN4O4/c17-10-1-4-15-13(5-10)20-16(25-15)9(7-18)8-19-12-6-11(21(23)24)2-3-14(12)22/h1-6,8,19,22H/b9-8-. The van der Waals surface area contributed by atoms with E-state index in [9.17, 15) is 20.5 Å². The van der Waals surface area contributed by atoms with Crippen LogP contribution in [-0.2, 0) is 0 Å². The molecule has 25 heavy (non-hydrogen) atoms. The zero-order valence-corrected chi connectivity index (χ0v) is 13.2. The smallest absolute Gasteiger partial charge is 0.271 e. The molecule has 0 spiro atoms. The Bertz CT molecular complexity index is 1050. The first-order valence-corrected chi connectivity index (χ1v) is 7.26. The fourth-order valence-electron chi connectivity index (χ4n) is 2.06. The van der Waals surface area contributed by atoms with E-state index in [-0.39, 0.29) is 28.6 Å². The van der Waals surface area contributed by atoms with E-state index in [2.05, 4.69) is 10.3 Å².